The van der Waals surface area contributed by atoms with Crippen molar-refractivity contribution in [3.05, 3.63) is 34.4 Å². The average molecular weight is 493 g/mol. The molecule has 5 nitrogen and oxygen atoms in total. The minimum Gasteiger partial charge on any atom is -0.496 e. The van der Waals surface area contributed by atoms with Gasteiger partial charge in [0.2, 0.25) is 0 Å². The van der Waals surface area contributed by atoms with Gasteiger partial charge in [0.1, 0.15) is 17.0 Å². The molecule has 196 valence electrons. The summed E-state index contributed by atoms with van der Waals surface area (Å²) in [5.41, 5.74) is 1.40. The summed E-state index contributed by atoms with van der Waals surface area (Å²) in [6.07, 6.45) is 14.6. The van der Waals surface area contributed by atoms with Crippen LogP contribution in [-0.2, 0) is 6.42 Å². The molecule has 2 aromatic rings. The summed E-state index contributed by atoms with van der Waals surface area (Å²) in [5.74, 6) is 4.69. The molecule has 2 N–H and O–H groups in total. The third kappa shape index (κ3) is 3.75. The molecule has 1 heterocycles. The minimum atomic E-state index is -0.112. The van der Waals surface area contributed by atoms with Crippen molar-refractivity contribution in [3.63, 3.8) is 0 Å². The van der Waals surface area contributed by atoms with E-state index in [0.717, 1.165) is 31.0 Å². The van der Waals surface area contributed by atoms with E-state index in [1.54, 1.807) is 7.11 Å². The molecule has 1 aromatic carbocycles. The number of benzene rings is 1. The predicted molar refractivity (Wildman–Crippen MR) is 143 cm³/mol. The van der Waals surface area contributed by atoms with Crippen LogP contribution >= 0.6 is 0 Å². The largest absolute Gasteiger partial charge is 0.496 e. The van der Waals surface area contributed by atoms with Crippen LogP contribution in [0.15, 0.2) is 23.0 Å². The number of aliphatic hydroxyl groups excluding tert-OH is 1. The van der Waals surface area contributed by atoms with Crippen molar-refractivity contribution >= 4 is 10.9 Å². The number of aryl methyl sites for hydroxylation is 1. The van der Waals surface area contributed by atoms with Crippen molar-refractivity contribution in [2.24, 2.45) is 40.4 Å². The molecule has 0 radical (unpaired) electrons. The molecule has 5 heteroatoms. The Morgan fingerprint density at radius 1 is 1.08 bits per heavy atom. The Hall–Kier alpha value is -1.88. The van der Waals surface area contributed by atoms with Crippen LogP contribution in [-0.4, -0.2) is 28.3 Å². The highest BCUT2D eigenvalue weighted by atomic mass is 16.5. The second-order valence-corrected chi connectivity index (χ2v) is 13.1. The molecule has 1 aromatic heterocycles. The van der Waals surface area contributed by atoms with Crippen molar-refractivity contribution in [1.82, 2.24) is 9.97 Å². The van der Waals surface area contributed by atoms with Crippen molar-refractivity contribution < 1.29 is 9.84 Å². The summed E-state index contributed by atoms with van der Waals surface area (Å²) in [4.78, 5) is 20.5. The third-order valence-corrected chi connectivity index (χ3v) is 11.7. The van der Waals surface area contributed by atoms with Crippen LogP contribution < -0.4 is 10.3 Å². The van der Waals surface area contributed by atoms with Gasteiger partial charge in [-0.3, -0.25) is 4.79 Å². The minimum absolute atomic E-state index is 0.0987. The molecule has 36 heavy (non-hydrogen) atoms. The van der Waals surface area contributed by atoms with Crippen molar-refractivity contribution in [2.45, 2.75) is 97.0 Å². The maximum Gasteiger partial charge on any atom is 0.262 e. The van der Waals surface area contributed by atoms with E-state index in [4.69, 9.17) is 9.72 Å². The number of rotatable bonds is 5. The van der Waals surface area contributed by atoms with Gasteiger partial charge >= 0.3 is 0 Å². The number of ether oxygens (including phenoxy) is 1. The van der Waals surface area contributed by atoms with Crippen LogP contribution in [0.25, 0.3) is 10.9 Å². The number of aromatic nitrogens is 2. The Morgan fingerprint density at radius 2 is 1.92 bits per heavy atom. The maximum atomic E-state index is 12.7. The highest BCUT2D eigenvalue weighted by Crippen LogP contribution is 2.67. The fraction of sp³-hybridized carbons (Fsp3) is 0.742. The lowest BCUT2D eigenvalue weighted by Gasteiger charge is -2.62. The molecule has 8 unspecified atom stereocenters. The second-order valence-electron chi connectivity index (χ2n) is 13.1. The third-order valence-electron chi connectivity index (χ3n) is 11.7. The van der Waals surface area contributed by atoms with Gasteiger partial charge in [0, 0.05) is 6.42 Å². The SMILES string of the molecule is COc1cccc2nc(CCCC3CCC4C5C(O)CC6CCCCC6(C)C5CCC34C)[nH]c(=O)c12. The molecule has 4 saturated carbocycles. The Morgan fingerprint density at radius 3 is 2.75 bits per heavy atom. The van der Waals surface area contributed by atoms with Crippen LogP contribution in [0.4, 0.5) is 0 Å². The number of H-pyrrole nitrogens is 1. The summed E-state index contributed by atoms with van der Waals surface area (Å²) in [7, 11) is 1.59. The first-order chi connectivity index (χ1) is 17.3. The van der Waals surface area contributed by atoms with E-state index in [9.17, 15) is 9.90 Å². The van der Waals surface area contributed by atoms with Gasteiger partial charge in [-0.25, -0.2) is 4.98 Å². The molecule has 4 aliphatic carbocycles. The van der Waals surface area contributed by atoms with Gasteiger partial charge in [-0.2, -0.15) is 0 Å². The average Bonchev–Trinajstić information content (AvgIpc) is 3.20. The van der Waals surface area contributed by atoms with E-state index in [1.807, 2.05) is 18.2 Å². The molecule has 4 fully saturated rings. The van der Waals surface area contributed by atoms with E-state index in [1.165, 1.54) is 57.8 Å². The normalized spacial score (nSPS) is 39.9. The number of hydrogen-bond donors (Lipinski definition) is 2. The van der Waals surface area contributed by atoms with Crippen LogP contribution in [0.5, 0.6) is 5.75 Å². The van der Waals surface area contributed by atoms with E-state index < -0.39 is 0 Å². The number of nitrogens with zero attached hydrogens (tertiary/aromatic N) is 1. The fourth-order valence-corrected chi connectivity index (χ4v) is 9.85. The molecule has 0 bridgehead atoms. The standard InChI is InChI=1S/C31H44N2O3/c1-30-16-5-4-8-20(30)18-24(34)27-21-14-13-19(31(21,2)17-15-22(27)30)9-6-12-26-32-23-10-7-11-25(36-3)28(23)29(35)33-26/h7,10-11,19-22,24,27,34H,4-6,8-9,12-18H2,1-3H3,(H,32,33,35). The first-order valence-corrected chi connectivity index (χ1v) is 14.6. The summed E-state index contributed by atoms with van der Waals surface area (Å²) in [6.45, 7) is 5.14. The molecule has 0 amide bonds. The molecule has 8 atom stereocenters. The molecular formula is C31H44N2O3. The smallest absolute Gasteiger partial charge is 0.262 e. The Kier molecular flexibility index (Phi) is 6.21. The van der Waals surface area contributed by atoms with E-state index >= 15 is 0 Å². The lowest BCUT2D eigenvalue weighted by molar-refractivity contribution is -0.162. The molecule has 0 saturated heterocycles. The molecule has 0 aliphatic heterocycles. The fourth-order valence-electron chi connectivity index (χ4n) is 9.85. The van der Waals surface area contributed by atoms with Gasteiger partial charge < -0.3 is 14.8 Å². The number of hydrogen-bond acceptors (Lipinski definition) is 4. The second kappa shape index (κ2) is 9.15. The maximum absolute atomic E-state index is 12.7. The highest BCUT2D eigenvalue weighted by Gasteiger charge is 2.61. The molecule has 4 aliphatic rings. The highest BCUT2D eigenvalue weighted by molar-refractivity contribution is 5.84. The number of aliphatic hydroxyl groups is 1. The summed E-state index contributed by atoms with van der Waals surface area (Å²) >= 11 is 0. The predicted octanol–water partition coefficient (Wildman–Crippen LogP) is 6.27. The van der Waals surface area contributed by atoms with Crippen LogP contribution in [0.3, 0.4) is 0 Å². The number of aromatic amines is 1. The number of fused-ring (bicyclic) bond motifs is 6. The first-order valence-electron chi connectivity index (χ1n) is 14.6. The van der Waals surface area contributed by atoms with Gasteiger partial charge in [0.25, 0.3) is 5.56 Å². The van der Waals surface area contributed by atoms with Crippen LogP contribution in [0.2, 0.25) is 0 Å². The molecule has 6 rings (SSSR count). The van der Waals surface area contributed by atoms with Gasteiger partial charge in [0.05, 0.1) is 18.7 Å². The molecule has 0 spiro atoms. The summed E-state index contributed by atoms with van der Waals surface area (Å²) in [6, 6.07) is 5.59. The first kappa shape index (κ1) is 24.5. The number of nitrogens with one attached hydrogen (secondary N) is 1. The van der Waals surface area contributed by atoms with Crippen molar-refractivity contribution in [2.75, 3.05) is 7.11 Å². The van der Waals surface area contributed by atoms with Crippen LogP contribution in [0, 0.1) is 40.4 Å². The Labute approximate surface area is 215 Å². The van der Waals surface area contributed by atoms with Gasteiger partial charge in [-0.05, 0) is 110 Å². The van der Waals surface area contributed by atoms with Gasteiger partial charge in [0.15, 0.2) is 0 Å². The zero-order valence-corrected chi connectivity index (χ0v) is 22.4. The zero-order valence-electron chi connectivity index (χ0n) is 22.4. The van der Waals surface area contributed by atoms with Crippen molar-refractivity contribution in [3.8, 4) is 5.75 Å². The monoisotopic (exact) mass is 492 g/mol. The quantitative estimate of drug-likeness (QED) is 0.515. The Bertz CT molecular complexity index is 1180. The lowest BCUT2D eigenvalue weighted by atomic mass is 9.44. The number of methoxy groups -OCH3 is 1. The zero-order chi connectivity index (χ0) is 25.1. The summed E-state index contributed by atoms with van der Waals surface area (Å²) in [5, 5.41) is 12.0. The van der Waals surface area contributed by atoms with Crippen LogP contribution in [0.1, 0.15) is 90.3 Å². The lowest BCUT2D eigenvalue weighted by Crippen LogP contribution is -2.57. The van der Waals surface area contributed by atoms with E-state index in [-0.39, 0.29) is 11.7 Å². The van der Waals surface area contributed by atoms with Crippen molar-refractivity contribution in [1.29, 1.82) is 0 Å². The Balaban J connectivity index is 1.15. The van der Waals surface area contributed by atoms with E-state index in [2.05, 4.69) is 18.8 Å². The van der Waals surface area contributed by atoms with E-state index in [0.29, 0.717) is 51.2 Å². The van der Waals surface area contributed by atoms with Gasteiger partial charge in [-0.15, -0.1) is 0 Å². The topological polar surface area (TPSA) is 75.2 Å². The summed E-state index contributed by atoms with van der Waals surface area (Å²) < 4.78 is 5.36. The van der Waals surface area contributed by atoms with Gasteiger partial charge in [-0.1, -0.05) is 32.8 Å². The molecular weight excluding hydrogens is 448 g/mol.